The molecule has 6 nitrogen and oxygen atoms in total. The summed E-state index contributed by atoms with van der Waals surface area (Å²) in [7, 11) is 0. The van der Waals surface area contributed by atoms with Crippen molar-refractivity contribution >= 4 is 23.4 Å². The van der Waals surface area contributed by atoms with Gasteiger partial charge in [-0.15, -0.1) is 0 Å². The Kier molecular flexibility index (Phi) is 49.7. The van der Waals surface area contributed by atoms with Crippen molar-refractivity contribution in [2.75, 3.05) is 13.1 Å². The Hall–Kier alpha value is -3.02. The van der Waals surface area contributed by atoms with Gasteiger partial charge in [-0.3, -0.25) is 19.2 Å². The van der Waals surface area contributed by atoms with Crippen LogP contribution in [0, 0.1) is 11.8 Å². The molecule has 0 radical (unpaired) electrons. The average Bonchev–Trinajstić information content (AvgIpc) is 3.37. The Morgan fingerprint density at radius 1 is 0.408 bits per heavy atom. The number of allylic oxidation sites excluding steroid dienone is 6. The lowest BCUT2D eigenvalue weighted by Gasteiger charge is -2.17. The van der Waals surface area contributed by atoms with Crippen molar-refractivity contribution in [1.82, 2.24) is 10.6 Å². The van der Waals surface area contributed by atoms with Crippen molar-refractivity contribution in [3.05, 3.63) is 59.8 Å². The fourth-order valence-corrected chi connectivity index (χ4v) is 9.60. The highest BCUT2D eigenvalue weighted by Gasteiger charge is 2.23. The number of unbranched alkanes of at least 4 members (excludes halogenated alkanes) is 26. The summed E-state index contributed by atoms with van der Waals surface area (Å²) in [6.07, 6.45) is 57.5. The molecule has 0 rings (SSSR count). The molecule has 0 aliphatic rings. The molecule has 2 amide bonds. The summed E-state index contributed by atoms with van der Waals surface area (Å²) < 4.78 is 0. The van der Waals surface area contributed by atoms with Crippen LogP contribution in [0.15, 0.2) is 59.8 Å². The number of carbonyl (C=O) groups is 4. The number of hydrogen-bond acceptors (Lipinski definition) is 4. The van der Waals surface area contributed by atoms with Crippen LogP contribution in [-0.4, -0.2) is 36.5 Å². The third kappa shape index (κ3) is 41.1. The zero-order valence-electron chi connectivity index (χ0n) is 47.9. The van der Waals surface area contributed by atoms with Gasteiger partial charge in [0.05, 0.1) is 6.42 Å². The Morgan fingerprint density at radius 3 is 1.17 bits per heavy atom. The molecule has 2 N–H and O–H groups in total. The van der Waals surface area contributed by atoms with Crippen molar-refractivity contribution in [3.8, 4) is 0 Å². The van der Waals surface area contributed by atoms with Crippen LogP contribution in [0.4, 0.5) is 0 Å². The van der Waals surface area contributed by atoms with Crippen molar-refractivity contribution in [2.24, 2.45) is 11.8 Å². The fraction of sp³-hybridized carbons (Fsp3) is 0.785. The van der Waals surface area contributed by atoms with Gasteiger partial charge in [0.15, 0.2) is 11.6 Å². The summed E-state index contributed by atoms with van der Waals surface area (Å²) in [5.41, 5.74) is 0.729. The second-order valence-corrected chi connectivity index (χ2v) is 21.1. The smallest absolute Gasteiger partial charge is 0.251 e. The third-order valence-electron chi connectivity index (χ3n) is 14.7. The van der Waals surface area contributed by atoms with Gasteiger partial charge >= 0.3 is 0 Å². The van der Waals surface area contributed by atoms with E-state index in [0.29, 0.717) is 36.9 Å². The molecule has 71 heavy (non-hydrogen) atoms. The number of nitrogens with one attached hydrogen (secondary N) is 2. The highest BCUT2D eigenvalue weighted by Crippen LogP contribution is 2.25. The van der Waals surface area contributed by atoms with E-state index in [0.717, 1.165) is 116 Å². The molecule has 0 spiro atoms. The largest absolute Gasteiger partial charge is 0.356 e. The normalized spacial score (nSPS) is 13.2. The third-order valence-corrected chi connectivity index (χ3v) is 14.7. The molecule has 0 saturated heterocycles. The quantitative estimate of drug-likeness (QED) is 0.0275. The van der Waals surface area contributed by atoms with Crippen molar-refractivity contribution in [1.29, 1.82) is 0 Å². The summed E-state index contributed by atoms with van der Waals surface area (Å²) >= 11 is 0. The molecule has 410 valence electrons. The highest BCUT2D eigenvalue weighted by molar-refractivity contribution is 6.11. The van der Waals surface area contributed by atoms with Crippen LogP contribution in [0.5, 0.6) is 0 Å². The van der Waals surface area contributed by atoms with Crippen molar-refractivity contribution in [2.45, 2.75) is 305 Å². The molecule has 0 saturated carbocycles. The molecule has 0 aromatic rings. The van der Waals surface area contributed by atoms with E-state index in [9.17, 15) is 19.2 Å². The molecule has 0 aliphatic carbocycles. The molecule has 0 heterocycles. The molecule has 0 bridgehead atoms. The first-order valence-corrected chi connectivity index (χ1v) is 30.7. The van der Waals surface area contributed by atoms with E-state index in [1.807, 2.05) is 0 Å². The Bertz CT molecular complexity index is 1440. The number of ketones is 2. The zero-order chi connectivity index (χ0) is 52.3. The maximum atomic E-state index is 14.3. The van der Waals surface area contributed by atoms with Gasteiger partial charge in [-0.05, 0) is 95.0 Å². The molecule has 0 aromatic carbocycles. The van der Waals surface area contributed by atoms with Gasteiger partial charge in [-0.1, -0.05) is 245 Å². The van der Waals surface area contributed by atoms with Gasteiger partial charge in [0.1, 0.15) is 0 Å². The van der Waals surface area contributed by atoms with E-state index in [-0.39, 0.29) is 47.4 Å². The van der Waals surface area contributed by atoms with E-state index in [1.54, 1.807) is 6.08 Å². The number of rotatable bonds is 53. The maximum Gasteiger partial charge on any atom is 0.251 e. The van der Waals surface area contributed by atoms with Crippen molar-refractivity contribution in [3.63, 3.8) is 0 Å². The maximum absolute atomic E-state index is 14.3. The molecular weight excluding hydrogens is 873 g/mol. The fourth-order valence-electron chi connectivity index (χ4n) is 9.60. The second kappa shape index (κ2) is 51.9. The lowest BCUT2D eigenvalue weighted by molar-refractivity contribution is -0.122. The van der Waals surface area contributed by atoms with E-state index < -0.39 is 0 Å². The van der Waals surface area contributed by atoms with Gasteiger partial charge in [0, 0.05) is 42.7 Å². The highest BCUT2D eigenvalue weighted by atomic mass is 16.2. The predicted molar refractivity (Wildman–Crippen MR) is 310 cm³/mol. The standard InChI is InChI=1S/C65H116N2O4/c1-8-15-19-21-23-25-27-29-31-33-35-37-39-41-43-45-53-66-64(70)56-59(62(68)51-49-57(12-5)47-17-10-3)55-61(63(69)52-50-58(13-6)48-18-11-4)60(14-7)65(71)67-54-46-44-42-40-38-36-34-32-30-28-26-24-22-20-16-9-2/h14,29-32,55,57-58H,7-13,15-28,33-54,56H2,1-6H3,(H,66,70)(H,67,71)/b31-29-,32-30-,59-55+,61-60-. The topological polar surface area (TPSA) is 92.3 Å². The molecule has 0 aromatic heterocycles. The molecule has 0 aliphatic heterocycles. The molecule has 2 unspecified atom stereocenters. The van der Waals surface area contributed by atoms with Crippen LogP contribution in [0.2, 0.25) is 0 Å². The van der Waals surface area contributed by atoms with Crippen LogP contribution in [0.25, 0.3) is 0 Å². The SMILES string of the molecule is C=C/C(C(=O)NCCCCCCCC/C=C\CCCCCCCC)=C(\C=C(/CC(=O)NCCCCCCCC/C=C\CCCCCCCC)C(=O)CCC(CC)CCCC)C(=O)CCC(CC)CCCC. The average molecular weight is 990 g/mol. The molecule has 2 atom stereocenters. The van der Waals surface area contributed by atoms with Gasteiger partial charge < -0.3 is 10.6 Å². The number of hydrogen-bond donors (Lipinski definition) is 2. The summed E-state index contributed by atoms with van der Waals surface area (Å²) in [6.45, 7) is 18.4. The van der Waals surface area contributed by atoms with Crippen LogP contribution < -0.4 is 10.6 Å². The van der Waals surface area contributed by atoms with Crippen LogP contribution >= 0.6 is 0 Å². The summed E-state index contributed by atoms with van der Waals surface area (Å²) in [4.78, 5) is 56.1. The van der Waals surface area contributed by atoms with E-state index in [2.05, 4.69) is 83.1 Å². The minimum Gasteiger partial charge on any atom is -0.356 e. The van der Waals surface area contributed by atoms with E-state index >= 15 is 0 Å². The van der Waals surface area contributed by atoms with Gasteiger partial charge in [-0.2, -0.15) is 0 Å². The van der Waals surface area contributed by atoms with Gasteiger partial charge in [-0.25, -0.2) is 0 Å². The van der Waals surface area contributed by atoms with Crippen molar-refractivity contribution < 1.29 is 19.2 Å². The Balaban J connectivity index is 5.71. The lowest BCUT2D eigenvalue weighted by Crippen LogP contribution is -2.28. The van der Waals surface area contributed by atoms with Gasteiger partial charge in [0.25, 0.3) is 5.91 Å². The summed E-state index contributed by atoms with van der Waals surface area (Å²) in [5.74, 6) is 0.0255. The van der Waals surface area contributed by atoms with Crippen LogP contribution in [0.1, 0.15) is 305 Å². The predicted octanol–water partition coefficient (Wildman–Crippen LogP) is 19.2. The Morgan fingerprint density at radius 2 is 0.775 bits per heavy atom. The van der Waals surface area contributed by atoms with Crippen LogP contribution in [0.3, 0.4) is 0 Å². The van der Waals surface area contributed by atoms with Gasteiger partial charge in [0.2, 0.25) is 5.91 Å². The first kappa shape index (κ1) is 68.0. The minimum atomic E-state index is -0.341. The molecular formula is C65H116N2O4. The lowest BCUT2D eigenvalue weighted by atomic mass is 9.88. The Labute approximate surface area is 440 Å². The van der Waals surface area contributed by atoms with E-state index in [1.165, 1.54) is 134 Å². The molecule has 6 heteroatoms. The minimum absolute atomic E-state index is 0.108. The van der Waals surface area contributed by atoms with Crippen LogP contribution in [-0.2, 0) is 19.2 Å². The molecule has 0 fully saturated rings. The zero-order valence-corrected chi connectivity index (χ0v) is 47.9. The number of carbonyl (C=O) groups excluding carboxylic acids is 4. The monoisotopic (exact) mass is 989 g/mol. The first-order valence-electron chi connectivity index (χ1n) is 30.7. The number of Topliss-reactive ketones (excluding diaryl/α,β-unsaturated/α-hetero) is 2. The number of amides is 2. The summed E-state index contributed by atoms with van der Waals surface area (Å²) in [5, 5.41) is 6.17. The second-order valence-electron chi connectivity index (χ2n) is 21.1. The van der Waals surface area contributed by atoms with E-state index in [4.69, 9.17) is 0 Å². The first-order chi connectivity index (χ1) is 34.7. The summed E-state index contributed by atoms with van der Waals surface area (Å²) in [6, 6.07) is 0.